The highest BCUT2D eigenvalue weighted by atomic mass is 19.4. The average molecular weight is 510 g/mol. The fourth-order valence-electron chi connectivity index (χ4n) is 4.01. The topological polar surface area (TPSA) is 102 Å². The van der Waals surface area contributed by atoms with Gasteiger partial charge in [-0.3, -0.25) is 14.6 Å². The molecule has 0 aliphatic heterocycles. The summed E-state index contributed by atoms with van der Waals surface area (Å²) in [5.41, 5.74) is 2.21. The zero-order valence-electron chi connectivity index (χ0n) is 20.9. The van der Waals surface area contributed by atoms with Gasteiger partial charge in [0.25, 0.3) is 5.91 Å². The molecule has 2 heterocycles. The van der Waals surface area contributed by atoms with Gasteiger partial charge < -0.3 is 20.1 Å². The molecule has 2 aromatic heterocycles. The Bertz CT molecular complexity index is 1100. The second kappa shape index (κ2) is 12.7. The number of hydrogen-bond acceptors (Lipinski definition) is 6. The molecule has 198 valence electrons. The predicted molar refractivity (Wildman–Crippen MR) is 132 cm³/mol. The molecule has 9 nitrogen and oxygen atoms in total. The first-order chi connectivity index (χ1) is 17.2. The first-order valence-electron chi connectivity index (χ1n) is 12.1. The molecule has 0 radical (unpaired) electrons. The summed E-state index contributed by atoms with van der Waals surface area (Å²) in [6, 6.07) is 8.00. The smallest absolute Gasteiger partial charge is 0.361 e. The maximum atomic E-state index is 12.9. The van der Waals surface area contributed by atoms with Gasteiger partial charge in [0.15, 0.2) is 0 Å². The molecule has 3 N–H and O–H groups in total. The van der Waals surface area contributed by atoms with E-state index in [0.29, 0.717) is 32.0 Å². The number of halogens is 3. The van der Waals surface area contributed by atoms with Crippen LogP contribution in [0.25, 0.3) is 10.9 Å². The molecule has 3 aromatic rings. The molecule has 0 fully saturated rings. The van der Waals surface area contributed by atoms with Crippen LogP contribution in [0.1, 0.15) is 42.9 Å². The summed E-state index contributed by atoms with van der Waals surface area (Å²) < 4.78 is 40.2. The molecule has 36 heavy (non-hydrogen) atoms. The number of anilines is 1. The largest absolute Gasteiger partial charge is 0.522 e. The van der Waals surface area contributed by atoms with Crippen molar-refractivity contribution in [2.75, 3.05) is 44.7 Å². The lowest BCUT2D eigenvalue weighted by Crippen LogP contribution is -2.37. The number of carbonyl (C=O) groups is 1. The molecule has 1 amide bonds. The van der Waals surface area contributed by atoms with Crippen molar-refractivity contribution in [2.45, 2.75) is 45.5 Å². The maximum absolute atomic E-state index is 12.9. The minimum absolute atomic E-state index is 0.0647. The van der Waals surface area contributed by atoms with E-state index in [0.717, 1.165) is 29.3 Å². The third-order valence-corrected chi connectivity index (χ3v) is 5.96. The van der Waals surface area contributed by atoms with Crippen LogP contribution in [-0.4, -0.2) is 83.2 Å². The van der Waals surface area contributed by atoms with Crippen LogP contribution in [0.3, 0.4) is 0 Å². The first kappa shape index (κ1) is 27.5. The first-order valence-corrected chi connectivity index (χ1v) is 12.1. The van der Waals surface area contributed by atoms with Gasteiger partial charge in [-0.05, 0) is 38.4 Å². The van der Waals surface area contributed by atoms with Crippen molar-refractivity contribution in [2.24, 2.45) is 0 Å². The monoisotopic (exact) mass is 509 g/mol. The molecule has 3 rings (SSSR count). The van der Waals surface area contributed by atoms with Gasteiger partial charge in [-0.2, -0.15) is 4.98 Å². The van der Waals surface area contributed by atoms with E-state index >= 15 is 0 Å². The number of nitrogens with zero attached hydrogens (tertiary/aromatic N) is 4. The van der Waals surface area contributed by atoms with E-state index in [2.05, 4.69) is 43.2 Å². The lowest BCUT2D eigenvalue weighted by Gasteiger charge is -2.23. The minimum Gasteiger partial charge on any atom is -0.361 e. The van der Waals surface area contributed by atoms with Crippen LogP contribution in [0.5, 0.6) is 0 Å². The molecule has 0 aliphatic rings. The molecular weight excluding hydrogens is 475 g/mol. The molecule has 0 bridgehead atoms. The highest BCUT2D eigenvalue weighted by Gasteiger charge is 2.28. The minimum atomic E-state index is -4.63. The number of rotatable bonds is 14. The second-order valence-corrected chi connectivity index (χ2v) is 8.68. The number of alkyl halides is 3. The van der Waals surface area contributed by atoms with Gasteiger partial charge in [0.2, 0.25) is 11.8 Å². The van der Waals surface area contributed by atoms with E-state index in [-0.39, 0.29) is 24.3 Å². The number of amides is 1. The van der Waals surface area contributed by atoms with E-state index in [1.807, 2.05) is 36.2 Å². The standard InChI is InChI=1S/C24H34F3N7O2/c1-4-8-18(15-17-16-28-20-10-7-6-9-19(17)20)29-22(35)21-30-23(32-31-21)34(5-2)12-11-33(3)13-14-36-24(25,26)27/h6-7,9-10,16,18,28H,4-5,8,11-15H2,1-3H3,(H,29,35)(H,30,31,32). The lowest BCUT2D eigenvalue weighted by atomic mass is 10.0. The van der Waals surface area contributed by atoms with Crippen molar-refractivity contribution >= 4 is 22.8 Å². The number of benzene rings is 1. The SMILES string of the molecule is CCCC(Cc1c[nH]c2ccccc12)NC(=O)c1nc(N(CC)CCN(C)CCOC(F)(F)F)n[nH]1. The van der Waals surface area contributed by atoms with Crippen molar-refractivity contribution in [3.63, 3.8) is 0 Å². The van der Waals surface area contributed by atoms with Crippen molar-refractivity contribution in [1.29, 1.82) is 0 Å². The summed E-state index contributed by atoms with van der Waals surface area (Å²) in [6.45, 7) is 5.23. The van der Waals surface area contributed by atoms with Crippen molar-refractivity contribution in [3.8, 4) is 0 Å². The summed E-state index contributed by atoms with van der Waals surface area (Å²) in [5, 5.41) is 11.1. The molecule has 0 saturated carbocycles. The summed E-state index contributed by atoms with van der Waals surface area (Å²) in [4.78, 5) is 24.1. The zero-order chi connectivity index (χ0) is 26.1. The number of nitrogens with one attached hydrogen (secondary N) is 3. The number of para-hydroxylation sites is 1. The van der Waals surface area contributed by atoms with E-state index in [1.54, 1.807) is 11.9 Å². The molecule has 0 saturated heterocycles. The van der Waals surface area contributed by atoms with E-state index in [1.165, 1.54) is 0 Å². The number of fused-ring (bicyclic) bond motifs is 1. The van der Waals surface area contributed by atoms with Gasteiger partial charge in [0.1, 0.15) is 0 Å². The Labute approximate surface area is 208 Å². The molecule has 1 unspecified atom stereocenters. The van der Waals surface area contributed by atoms with Crippen LogP contribution in [0, 0.1) is 0 Å². The Morgan fingerprint density at radius 2 is 1.97 bits per heavy atom. The molecular formula is C24H34F3N7O2. The number of H-pyrrole nitrogens is 2. The fraction of sp³-hybridized carbons (Fsp3) is 0.542. The van der Waals surface area contributed by atoms with Crippen molar-refractivity contribution in [1.82, 2.24) is 30.4 Å². The Morgan fingerprint density at radius 1 is 1.19 bits per heavy atom. The molecule has 12 heteroatoms. The highest BCUT2D eigenvalue weighted by Crippen LogP contribution is 2.20. The Hall–Kier alpha value is -3.12. The number of aromatic nitrogens is 4. The number of aromatic amines is 2. The Morgan fingerprint density at radius 3 is 2.69 bits per heavy atom. The molecule has 1 aromatic carbocycles. The maximum Gasteiger partial charge on any atom is 0.522 e. The van der Waals surface area contributed by atoms with Crippen LogP contribution in [0.2, 0.25) is 0 Å². The predicted octanol–water partition coefficient (Wildman–Crippen LogP) is 3.72. The van der Waals surface area contributed by atoms with Crippen molar-refractivity contribution in [3.05, 3.63) is 41.9 Å². The van der Waals surface area contributed by atoms with E-state index in [9.17, 15) is 18.0 Å². The van der Waals surface area contributed by atoms with Gasteiger partial charge in [-0.25, -0.2) is 0 Å². The molecule has 0 aliphatic carbocycles. The van der Waals surface area contributed by atoms with Gasteiger partial charge >= 0.3 is 6.36 Å². The normalized spacial score (nSPS) is 12.9. The van der Waals surface area contributed by atoms with Crippen molar-refractivity contribution < 1.29 is 22.7 Å². The summed E-state index contributed by atoms with van der Waals surface area (Å²) in [5.74, 6) is 0.159. The number of likely N-dealkylation sites (N-methyl/N-ethyl adjacent to an activating group) is 2. The van der Waals surface area contributed by atoms with Gasteiger partial charge in [0.05, 0.1) is 6.61 Å². The summed E-state index contributed by atoms with van der Waals surface area (Å²) in [6.07, 6.45) is -0.219. The second-order valence-electron chi connectivity index (χ2n) is 8.68. The lowest BCUT2D eigenvalue weighted by molar-refractivity contribution is -0.324. The molecule has 1 atom stereocenters. The fourth-order valence-corrected chi connectivity index (χ4v) is 4.01. The average Bonchev–Trinajstić information content (AvgIpc) is 3.47. The number of ether oxygens (including phenoxy) is 1. The Balaban J connectivity index is 1.55. The summed E-state index contributed by atoms with van der Waals surface area (Å²) >= 11 is 0. The van der Waals surface area contributed by atoms with Crippen LogP contribution in [0.4, 0.5) is 19.1 Å². The van der Waals surface area contributed by atoms with E-state index in [4.69, 9.17) is 0 Å². The number of carbonyl (C=O) groups excluding carboxylic acids is 1. The van der Waals surface area contributed by atoms with Crippen LogP contribution < -0.4 is 10.2 Å². The van der Waals surface area contributed by atoms with Gasteiger partial charge in [-0.15, -0.1) is 18.3 Å². The zero-order valence-corrected chi connectivity index (χ0v) is 20.9. The quantitative estimate of drug-likeness (QED) is 0.306. The van der Waals surface area contributed by atoms with Gasteiger partial charge in [0, 0.05) is 49.3 Å². The summed E-state index contributed by atoms with van der Waals surface area (Å²) in [7, 11) is 1.71. The van der Waals surface area contributed by atoms with Crippen LogP contribution in [-0.2, 0) is 11.2 Å². The van der Waals surface area contributed by atoms with Gasteiger partial charge in [-0.1, -0.05) is 31.5 Å². The van der Waals surface area contributed by atoms with Crippen LogP contribution in [0.15, 0.2) is 30.5 Å². The van der Waals surface area contributed by atoms with Crippen LogP contribution >= 0.6 is 0 Å². The third kappa shape index (κ3) is 7.95. The molecule has 0 spiro atoms. The Kier molecular flexibility index (Phi) is 9.71. The third-order valence-electron chi connectivity index (χ3n) is 5.96. The highest BCUT2D eigenvalue weighted by molar-refractivity contribution is 5.91. The number of hydrogen-bond donors (Lipinski definition) is 3. The van der Waals surface area contributed by atoms with E-state index < -0.39 is 13.0 Å².